The number of aliphatic hydroxyl groups is 1. The topological polar surface area (TPSA) is 157 Å². The number of nitrogens with two attached hydrogens (primary N) is 1. The van der Waals surface area contributed by atoms with Crippen LogP contribution in [0.15, 0.2) is 82.0 Å². The highest BCUT2D eigenvalue weighted by Gasteiger charge is 2.59. The van der Waals surface area contributed by atoms with Gasteiger partial charge in [0.15, 0.2) is 18.1 Å². The summed E-state index contributed by atoms with van der Waals surface area (Å²) in [7, 11) is 0. The number of nitrogens with zero attached hydrogens (tertiary/aromatic N) is 2. The minimum absolute atomic E-state index is 0.134. The molecule has 3 heterocycles. The number of hydrogen-bond acceptors (Lipinski definition) is 11. The van der Waals surface area contributed by atoms with Gasteiger partial charge in [0.2, 0.25) is 5.95 Å². The van der Waals surface area contributed by atoms with Crippen molar-refractivity contribution in [3.8, 4) is 0 Å². The van der Waals surface area contributed by atoms with Crippen molar-refractivity contribution in [2.75, 3.05) is 17.2 Å². The first-order chi connectivity index (χ1) is 18.2. The van der Waals surface area contributed by atoms with Crippen molar-refractivity contribution >= 4 is 35.5 Å². The number of carbonyl (C=O) groups excluding carboxylic acids is 2. The summed E-state index contributed by atoms with van der Waals surface area (Å²) in [6.07, 6.45) is -3.59. The van der Waals surface area contributed by atoms with Gasteiger partial charge in [0, 0.05) is 0 Å². The van der Waals surface area contributed by atoms with E-state index in [1.165, 1.54) is 11.8 Å². The molecule has 196 valence electrons. The number of H-pyrrole nitrogens is 1. The van der Waals surface area contributed by atoms with Crippen molar-refractivity contribution in [3.63, 3.8) is 0 Å². The summed E-state index contributed by atoms with van der Waals surface area (Å²) in [6, 6.07) is 16.6. The molecule has 4 atom stereocenters. The Bertz CT molecular complexity index is 1440. The van der Waals surface area contributed by atoms with E-state index in [1.54, 1.807) is 60.7 Å². The third-order valence-corrected chi connectivity index (χ3v) is 7.26. The Hall–Kier alpha value is -4.13. The van der Waals surface area contributed by atoms with Gasteiger partial charge >= 0.3 is 11.9 Å². The predicted octanol–water partition coefficient (Wildman–Crippen LogP) is 2.29. The van der Waals surface area contributed by atoms with E-state index in [-0.39, 0.29) is 28.8 Å². The van der Waals surface area contributed by atoms with Crippen LogP contribution in [0.4, 0.5) is 11.8 Å². The number of aromatic nitrogens is 2. The van der Waals surface area contributed by atoms with Crippen molar-refractivity contribution in [3.05, 3.63) is 93.8 Å². The summed E-state index contributed by atoms with van der Waals surface area (Å²) in [6.45, 7) is 5.07. The summed E-state index contributed by atoms with van der Waals surface area (Å²) < 4.78 is 17.4. The van der Waals surface area contributed by atoms with Crippen LogP contribution in [0, 0.1) is 0 Å². The Morgan fingerprint density at radius 3 is 2.39 bits per heavy atom. The number of rotatable bonds is 6. The van der Waals surface area contributed by atoms with Gasteiger partial charge in [0.1, 0.15) is 23.2 Å². The van der Waals surface area contributed by atoms with Crippen LogP contribution in [0.5, 0.6) is 0 Å². The van der Waals surface area contributed by atoms with E-state index in [4.69, 9.17) is 19.9 Å². The lowest BCUT2D eigenvalue weighted by Gasteiger charge is -2.32. The summed E-state index contributed by atoms with van der Waals surface area (Å²) in [5.41, 5.74) is 4.06. The van der Waals surface area contributed by atoms with Crippen LogP contribution in [-0.2, 0) is 14.2 Å². The minimum Gasteiger partial charge on any atom is -0.459 e. The van der Waals surface area contributed by atoms with Crippen molar-refractivity contribution < 1.29 is 28.9 Å². The van der Waals surface area contributed by atoms with Crippen LogP contribution in [0.1, 0.15) is 27.6 Å². The number of hydrogen-bond donors (Lipinski definition) is 3. The van der Waals surface area contributed by atoms with Gasteiger partial charge in [-0.25, -0.2) is 9.59 Å². The second kappa shape index (κ2) is 9.97. The lowest BCUT2D eigenvalue weighted by molar-refractivity contribution is -0.0871. The van der Waals surface area contributed by atoms with Gasteiger partial charge in [-0.3, -0.25) is 14.7 Å². The molecule has 5 rings (SSSR count). The molecule has 3 aromatic rings. The van der Waals surface area contributed by atoms with Gasteiger partial charge in [-0.15, -0.1) is 0 Å². The van der Waals surface area contributed by atoms with Gasteiger partial charge < -0.3 is 25.1 Å². The highest BCUT2D eigenvalue weighted by Crippen LogP contribution is 2.47. The third kappa shape index (κ3) is 4.64. The lowest BCUT2D eigenvalue weighted by Crippen LogP contribution is -2.52. The molecule has 0 aliphatic carbocycles. The molecule has 2 aliphatic heterocycles. The standard InChI is InChI=1S/C26H24N4O7S/c1-14-30(20-18(38-14)21(31)29-25(27)28-20)22-19(37-24(33)16-11-7-4-8-12-16)26(2,34)17(36-22)13-35-23(32)15-9-5-3-6-10-15/h3-12,17,19,22,34H,1,13H2,2H3,(H3,27,28,29,31)/t17-,19+,22-,26-/m1/s1. The maximum absolute atomic E-state index is 13.0. The van der Waals surface area contributed by atoms with Gasteiger partial charge in [-0.2, -0.15) is 4.98 Å². The average molecular weight is 537 g/mol. The number of aromatic amines is 1. The zero-order valence-corrected chi connectivity index (χ0v) is 21.0. The van der Waals surface area contributed by atoms with E-state index in [9.17, 15) is 19.5 Å². The first kappa shape index (κ1) is 25.5. The fourth-order valence-corrected chi connectivity index (χ4v) is 5.17. The zero-order chi connectivity index (χ0) is 27.0. The summed E-state index contributed by atoms with van der Waals surface area (Å²) in [5.74, 6) is -1.31. The van der Waals surface area contributed by atoms with E-state index in [0.29, 0.717) is 10.6 Å². The van der Waals surface area contributed by atoms with E-state index < -0.39 is 41.5 Å². The van der Waals surface area contributed by atoms with E-state index >= 15 is 0 Å². The number of anilines is 2. The summed E-state index contributed by atoms with van der Waals surface area (Å²) in [5, 5.41) is 11.9. The molecule has 0 radical (unpaired) electrons. The minimum atomic E-state index is -1.83. The number of benzene rings is 2. The summed E-state index contributed by atoms with van der Waals surface area (Å²) in [4.78, 5) is 46.4. The van der Waals surface area contributed by atoms with Gasteiger partial charge in [-0.1, -0.05) is 54.7 Å². The highest BCUT2D eigenvalue weighted by atomic mass is 32.2. The second-order valence-electron chi connectivity index (χ2n) is 8.87. The predicted molar refractivity (Wildman–Crippen MR) is 138 cm³/mol. The smallest absolute Gasteiger partial charge is 0.338 e. The molecule has 1 saturated heterocycles. The molecule has 2 aliphatic rings. The maximum Gasteiger partial charge on any atom is 0.338 e. The molecule has 38 heavy (non-hydrogen) atoms. The SMILES string of the molecule is C=C1Sc2c(nc(N)[nH]c2=O)N1[C@@H]1O[C@H](COC(=O)c2ccccc2)[C@@](C)(O)[C@H]1OC(=O)c1ccccc1. The van der Waals surface area contributed by atoms with Crippen molar-refractivity contribution in [1.82, 2.24) is 9.97 Å². The summed E-state index contributed by atoms with van der Waals surface area (Å²) >= 11 is 1.04. The molecule has 0 bridgehead atoms. The zero-order valence-electron chi connectivity index (χ0n) is 20.2. The lowest BCUT2D eigenvalue weighted by atomic mass is 9.94. The normalized spacial score (nSPS) is 24.2. The molecule has 0 spiro atoms. The van der Waals surface area contributed by atoms with E-state index in [1.807, 2.05) is 0 Å². The Morgan fingerprint density at radius 1 is 1.16 bits per heavy atom. The average Bonchev–Trinajstić information content (AvgIpc) is 3.35. The Labute approximate surface area is 221 Å². The van der Waals surface area contributed by atoms with E-state index in [0.717, 1.165) is 11.8 Å². The number of nitrogen functional groups attached to an aromatic ring is 1. The number of ether oxygens (including phenoxy) is 3. The quantitative estimate of drug-likeness (QED) is 0.397. The molecular weight excluding hydrogens is 512 g/mol. The molecule has 4 N–H and O–H groups in total. The largest absolute Gasteiger partial charge is 0.459 e. The van der Waals surface area contributed by atoms with Gasteiger partial charge in [-0.05, 0) is 31.2 Å². The van der Waals surface area contributed by atoms with Crippen LogP contribution < -0.4 is 16.2 Å². The van der Waals surface area contributed by atoms with Crippen LogP contribution in [0.2, 0.25) is 0 Å². The molecule has 11 nitrogen and oxygen atoms in total. The number of carbonyl (C=O) groups is 2. The van der Waals surface area contributed by atoms with Crippen LogP contribution in [0.25, 0.3) is 0 Å². The Balaban J connectivity index is 1.47. The second-order valence-corrected chi connectivity index (χ2v) is 9.95. The first-order valence-electron chi connectivity index (χ1n) is 11.6. The highest BCUT2D eigenvalue weighted by molar-refractivity contribution is 8.03. The molecule has 1 aromatic heterocycles. The van der Waals surface area contributed by atoms with E-state index in [2.05, 4.69) is 16.5 Å². The van der Waals surface area contributed by atoms with Gasteiger partial charge in [0.05, 0.1) is 16.2 Å². The molecule has 12 heteroatoms. The number of esters is 2. The number of nitrogens with one attached hydrogen (secondary N) is 1. The monoisotopic (exact) mass is 536 g/mol. The Morgan fingerprint density at radius 2 is 1.76 bits per heavy atom. The Kier molecular flexibility index (Phi) is 6.69. The fourth-order valence-electron chi connectivity index (χ4n) is 4.27. The van der Waals surface area contributed by atoms with Crippen molar-refractivity contribution in [1.29, 1.82) is 0 Å². The molecule has 0 saturated carbocycles. The first-order valence-corrected chi connectivity index (χ1v) is 12.4. The third-order valence-electron chi connectivity index (χ3n) is 6.26. The number of thioether (sulfide) groups is 1. The van der Waals surface area contributed by atoms with Crippen LogP contribution >= 0.6 is 11.8 Å². The van der Waals surface area contributed by atoms with Crippen molar-refractivity contribution in [2.24, 2.45) is 0 Å². The molecule has 1 fully saturated rings. The maximum atomic E-state index is 13.0. The molecule has 0 unspecified atom stereocenters. The fraction of sp³-hybridized carbons (Fsp3) is 0.231. The number of fused-ring (bicyclic) bond motifs is 1. The van der Waals surface area contributed by atoms with Gasteiger partial charge in [0.25, 0.3) is 5.56 Å². The molecule has 2 aromatic carbocycles. The molecular formula is C26H24N4O7S. The van der Waals surface area contributed by atoms with Crippen molar-refractivity contribution in [2.45, 2.75) is 35.9 Å². The molecule has 0 amide bonds. The van der Waals surface area contributed by atoms with Crippen LogP contribution in [0.3, 0.4) is 0 Å². The van der Waals surface area contributed by atoms with Crippen LogP contribution in [-0.4, -0.2) is 57.7 Å².